The Morgan fingerprint density at radius 2 is 1.77 bits per heavy atom. The first-order valence-corrected chi connectivity index (χ1v) is 12.0. The van der Waals surface area contributed by atoms with Gasteiger partial charge in [0.25, 0.3) is 0 Å². The van der Waals surface area contributed by atoms with Gasteiger partial charge in [-0.25, -0.2) is 4.79 Å². The van der Waals surface area contributed by atoms with Crippen LogP contribution in [0.2, 0.25) is 10.0 Å². The van der Waals surface area contributed by atoms with Crippen LogP contribution in [0.1, 0.15) is 58.5 Å². The molecule has 2 N–H and O–H groups in total. The Morgan fingerprint density at radius 3 is 2.40 bits per heavy atom. The Balaban J connectivity index is 1.44. The predicted molar refractivity (Wildman–Crippen MR) is 133 cm³/mol. The lowest BCUT2D eigenvalue weighted by molar-refractivity contribution is -0.124. The Labute approximate surface area is 212 Å². The van der Waals surface area contributed by atoms with E-state index in [-0.39, 0.29) is 23.6 Å². The van der Waals surface area contributed by atoms with Crippen molar-refractivity contribution in [1.29, 1.82) is 0 Å². The summed E-state index contributed by atoms with van der Waals surface area (Å²) in [7, 11) is 1.58. The molecule has 0 bridgehead atoms. The number of fused-ring (bicyclic) bond motifs is 1. The number of aromatic carboxylic acids is 1. The first-order valence-electron chi connectivity index (χ1n) is 11.2. The van der Waals surface area contributed by atoms with Crippen molar-refractivity contribution in [2.45, 2.75) is 36.8 Å². The largest absolute Gasteiger partial charge is 0.497 e. The number of hydrogen-bond donors (Lipinski definition) is 2. The smallest absolute Gasteiger partial charge is 0.335 e. The van der Waals surface area contributed by atoms with Crippen LogP contribution in [0.4, 0.5) is 0 Å². The minimum absolute atomic E-state index is 0.0652. The molecule has 1 aliphatic heterocycles. The molecule has 1 amide bonds. The summed E-state index contributed by atoms with van der Waals surface area (Å²) < 4.78 is 11.6. The topological polar surface area (TPSA) is 84.9 Å². The van der Waals surface area contributed by atoms with Gasteiger partial charge < -0.3 is 19.9 Å². The molecule has 0 radical (unpaired) electrons. The van der Waals surface area contributed by atoms with Gasteiger partial charge in [-0.05, 0) is 60.4 Å². The van der Waals surface area contributed by atoms with Gasteiger partial charge in [0.1, 0.15) is 17.6 Å². The average Bonchev–Trinajstić information content (AvgIpc) is 3.67. The summed E-state index contributed by atoms with van der Waals surface area (Å²) in [5.41, 5.74) is 2.12. The van der Waals surface area contributed by atoms with Crippen LogP contribution < -0.4 is 14.8 Å². The van der Waals surface area contributed by atoms with Crippen LogP contribution in [-0.2, 0) is 10.2 Å². The van der Waals surface area contributed by atoms with Crippen LogP contribution in [0.5, 0.6) is 11.5 Å². The monoisotopic (exact) mass is 511 g/mol. The predicted octanol–water partition coefficient (Wildman–Crippen LogP) is 6.11. The first-order chi connectivity index (χ1) is 16.8. The number of amides is 1. The third-order valence-electron chi connectivity index (χ3n) is 6.81. The van der Waals surface area contributed by atoms with E-state index in [9.17, 15) is 14.7 Å². The van der Waals surface area contributed by atoms with Crippen molar-refractivity contribution in [3.05, 3.63) is 93.0 Å². The third kappa shape index (κ3) is 4.44. The van der Waals surface area contributed by atoms with E-state index in [0.717, 1.165) is 29.5 Å². The molecule has 3 aromatic rings. The van der Waals surface area contributed by atoms with E-state index in [1.54, 1.807) is 49.6 Å². The van der Waals surface area contributed by atoms with Gasteiger partial charge in [0, 0.05) is 18.1 Å². The molecular formula is C27H23Cl2NO5. The zero-order valence-corrected chi connectivity index (χ0v) is 20.4. The summed E-state index contributed by atoms with van der Waals surface area (Å²) in [5.74, 6) is 0.209. The van der Waals surface area contributed by atoms with Gasteiger partial charge in [0.2, 0.25) is 5.91 Å². The molecule has 8 heteroatoms. The van der Waals surface area contributed by atoms with E-state index in [1.165, 1.54) is 0 Å². The molecule has 2 atom stereocenters. The molecule has 2 aliphatic rings. The van der Waals surface area contributed by atoms with Gasteiger partial charge in [0.05, 0.1) is 34.2 Å². The highest BCUT2D eigenvalue weighted by molar-refractivity contribution is 6.42. The lowest BCUT2D eigenvalue weighted by atomic mass is 9.90. The number of benzene rings is 3. The normalized spacial score (nSPS) is 19.7. The van der Waals surface area contributed by atoms with Gasteiger partial charge >= 0.3 is 5.97 Å². The molecular weight excluding hydrogens is 489 g/mol. The van der Waals surface area contributed by atoms with Crippen LogP contribution in [-0.4, -0.2) is 24.1 Å². The number of rotatable bonds is 6. The van der Waals surface area contributed by atoms with Crippen molar-refractivity contribution >= 4 is 35.1 Å². The molecule has 1 aliphatic carbocycles. The van der Waals surface area contributed by atoms with Crippen LogP contribution in [0.3, 0.4) is 0 Å². The number of carbonyl (C=O) groups is 2. The Kier molecular flexibility index (Phi) is 6.11. The molecule has 35 heavy (non-hydrogen) atoms. The molecule has 0 spiro atoms. The molecule has 1 fully saturated rings. The summed E-state index contributed by atoms with van der Waals surface area (Å²) >= 11 is 12.3. The highest BCUT2D eigenvalue weighted by atomic mass is 35.5. The first kappa shape index (κ1) is 23.5. The zero-order chi connectivity index (χ0) is 24.7. The van der Waals surface area contributed by atoms with Gasteiger partial charge in [-0.3, -0.25) is 4.79 Å². The number of nitrogens with one attached hydrogen (secondary N) is 1. The minimum Gasteiger partial charge on any atom is -0.497 e. The Bertz CT molecular complexity index is 1300. The van der Waals surface area contributed by atoms with Crippen LogP contribution >= 0.6 is 23.2 Å². The molecule has 0 saturated heterocycles. The van der Waals surface area contributed by atoms with Crippen molar-refractivity contribution in [2.75, 3.05) is 7.11 Å². The third-order valence-corrected chi connectivity index (χ3v) is 7.55. The van der Waals surface area contributed by atoms with E-state index in [1.807, 2.05) is 18.2 Å². The second kappa shape index (κ2) is 9.10. The number of hydrogen-bond acceptors (Lipinski definition) is 4. The number of carboxylic acid groups (broad SMARTS) is 1. The second-order valence-corrected chi connectivity index (χ2v) is 9.72. The number of methoxy groups -OCH3 is 1. The summed E-state index contributed by atoms with van der Waals surface area (Å²) in [6.07, 6.45) is 1.59. The summed E-state index contributed by atoms with van der Waals surface area (Å²) in [6.45, 7) is 0. The highest BCUT2D eigenvalue weighted by Gasteiger charge is 2.52. The van der Waals surface area contributed by atoms with Crippen molar-refractivity contribution in [3.63, 3.8) is 0 Å². The van der Waals surface area contributed by atoms with Crippen molar-refractivity contribution < 1.29 is 24.2 Å². The van der Waals surface area contributed by atoms with Crippen LogP contribution in [0.15, 0.2) is 60.7 Å². The molecule has 3 aromatic carbocycles. The highest BCUT2D eigenvalue weighted by Crippen LogP contribution is 2.51. The molecule has 180 valence electrons. The lowest BCUT2D eigenvalue weighted by Crippen LogP contribution is -2.39. The SMILES string of the molecule is COc1ccc2c(c1)O[C@@H](c1ccc(C(=O)O)cc1)C[C@H]2NC(=O)C1(c2ccc(Cl)c(Cl)c2)CC1. The number of ether oxygens (including phenoxy) is 2. The fourth-order valence-corrected chi connectivity index (χ4v) is 4.92. The Morgan fingerprint density at radius 1 is 1.03 bits per heavy atom. The summed E-state index contributed by atoms with van der Waals surface area (Å²) in [5, 5.41) is 13.3. The fourth-order valence-electron chi connectivity index (χ4n) is 4.62. The zero-order valence-electron chi connectivity index (χ0n) is 18.9. The quantitative estimate of drug-likeness (QED) is 0.416. The van der Waals surface area contributed by atoms with Gasteiger partial charge in [-0.15, -0.1) is 0 Å². The van der Waals surface area contributed by atoms with Crippen LogP contribution in [0.25, 0.3) is 0 Å². The average molecular weight is 512 g/mol. The van der Waals surface area contributed by atoms with Gasteiger partial charge in [-0.2, -0.15) is 0 Å². The Hall–Kier alpha value is -3.22. The minimum atomic E-state index is -0.988. The molecule has 1 heterocycles. The maximum Gasteiger partial charge on any atom is 0.335 e. The fraction of sp³-hybridized carbons (Fsp3) is 0.259. The summed E-state index contributed by atoms with van der Waals surface area (Å²) in [4.78, 5) is 24.8. The van der Waals surface area contributed by atoms with Crippen molar-refractivity contribution in [3.8, 4) is 11.5 Å². The number of carboxylic acids is 1. The molecule has 0 aromatic heterocycles. The van der Waals surface area contributed by atoms with E-state index in [2.05, 4.69) is 5.32 Å². The van der Waals surface area contributed by atoms with E-state index < -0.39 is 11.4 Å². The lowest BCUT2D eigenvalue weighted by Gasteiger charge is -2.34. The molecule has 1 saturated carbocycles. The van der Waals surface area contributed by atoms with Gasteiger partial charge in [-0.1, -0.05) is 41.4 Å². The maximum absolute atomic E-state index is 13.6. The standard InChI is InChI=1S/C27H23Cl2NO5/c1-34-18-7-8-19-22(30-26(33)27(10-11-27)17-6-9-20(28)21(29)12-17)14-23(35-24(19)13-18)15-2-4-16(5-3-15)25(31)32/h2-9,12-13,22-23H,10-11,14H2,1H3,(H,30,33)(H,31,32)/t22-,23-/m1/s1. The number of halogens is 2. The van der Waals surface area contributed by atoms with E-state index >= 15 is 0 Å². The second-order valence-electron chi connectivity index (χ2n) is 8.91. The van der Waals surface area contributed by atoms with Crippen molar-refractivity contribution in [1.82, 2.24) is 5.32 Å². The maximum atomic E-state index is 13.6. The van der Waals surface area contributed by atoms with E-state index in [0.29, 0.717) is 28.0 Å². The van der Waals surface area contributed by atoms with Gasteiger partial charge in [0.15, 0.2) is 0 Å². The molecule has 5 rings (SSSR count). The molecule has 0 unspecified atom stereocenters. The van der Waals surface area contributed by atoms with Crippen molar-refractivity contribution in [2.24, 2.45) is 0 Å². The van der Waals surface area contributed by atoms with Crippen LogP contribution in [0, 0.1) is 0 Å². The summed E-state index contributed by atoms with van der Waals surface area (Å²) in [6, 6.07) is 17.2. The van der Waals surface area contributed by atoms with E-state index in [4.69, 9.17) is 32.7 Å². The molecule has 6 nitrogen and oxygen atoms in total. The number of carbonyl (C=O) groups excluding carboxylic acids is 1.